The van der Waals surface area contributed by atoms with Gasteiger partial charge in [-0.2, -0.15) is 0 Å². The average Bonchev–Trinajstić information content (AvgIpc) is 1.82. The Hall–Kier alpha value is -0.195. The molecule has 0 heterocycles. The van der Waals surface area contributed by atoms with E-state index in [1.54, 1.807) is 0 Å². The van der Waals surface area contributed by atoms with Crippen LogP contribution in [0.15, 0.2) is 0 Å². The van der Waals surface area contributed by atoms with Gasteiger partial charge >= 0.3 is 37.7 Å². The molecule has 0 aromatic heterocycles. The van der Waals surface area contributed by atoms with Crippen LogP contribution in [0, 0.1) is 11.8 Å². The van der Waals surface area contributed by atoms with Crippen LogP contribution in [0.3, 0.4) is 0 Å². The minimum Gasteiger partial charge on any atom is -0.550 e. The summed E-state index contributed by atoms with van der Waals surface area (Å²) in [6.07, 6.45) is 0.609. The number of hydrogen-bond donors (Lipinski definition) is 0. The van der Waals surface area contributed by atoms with Crippen molar-refractivity contribution in [1.29, 1.82) is 0 Å². The van der Waals surface area contributed by atoms with Gasteiger partial charge in [-0.25, -0.2) is 0 Å². The van der Waals surface area contributed by atoms with Gasteiger partial charge < -0.3 is 19.8 Å². The number of aliphatic carboxylic acids is 2. The fourth-order valence-corrected chi connectivity index (χ4v) is 1.25. The van der Waals surface area contributed by atoms with E-state index in [-0.39, 0.29) is 37.7 Å². The van der Waals surface area contributed by atoms with Gasteiger partial charge in [0.05, 0.1) is 0 Å². The zero-order valence-corrected chi connectivity index (χ0v) is 8.11. The standard InChI is InChI=1S/C7H8O5.2Li/c8-5(7(11)12)3-1-2-4(3)6(9)10;;/h3-4H,1-2H2,(H,9,10)(H,11,12);;/q;2*+1/p-2/t3-,4-;;/m1../s1. The van der Waals surface area contributed by atoms with E-state index in [0.717, 1.165) is 0 Å². The van der Waals surface area contributed by atoms with Crippen molar-refractivity contribution in [1.82, 2.24) is 0 Å². The van der Waals surface area contributed by atoms with Crippen LogP contribution in [-0.4, -0.2) is 17.7 Å². The summed E-state index contributed by atoms with van der Waals surface area (Å²) in [7, 11) is 0. The molecule has 0 N–H and O–H groups in total. The molecule has 1 saturated carbocycles. The molecular formula is C7H6Li2O5. The van der Waals surface area contributed by atoms with E-state index in [1.807, 2.05) is 0 Å². The number of carbonyl (C=O) groups is 3. The van der Waals surface area contributed by atoms with Crippen LogP contribution in [0.5, 0.6) is 0 Å². The van der Waals surface area contributed by atoms with E-state index < -0.39 is 29.6 Å². The summed E-state index contributed by atoms with van der Waals surface area (Å²) in [6, 6.07) is 0. The first-order valence-corrected chi connectivity index (χ1v) is 3.50. The van der Waals surface area contributed by atoms with Crippen molar-refractivity contribution >= 4 is 17.7 Å². The van der Waals surface area contributed by atoms with Gasteiger partial charge in [-0.05, 0) is 12.8 Å². The van der Waals surface area contributed by atoms with Crippen molar-refractivity contribution < 1.29 is 62.3 Å². The normalized spacial score (nSPS) is 23.4. The van der Waals surface area contributed by atoms with Gasteiger partial charge in [0.2, 0.25) is 0 Å². The first kappa shape index (κ1) is 16.2. The predicted molar refractivity (Wildman–Crippen MR) is 31.2 cm³/mol. The Morgan fingerprint density at radius 3 is 1.57 bits per heavy atom. The molecule has 0 aliphatic heterocycles. The Morgan fingerprint density at radius 2 is 1.36 bits per heavy atom. The van der Waals surface area contributed by atoms with Crippen LogP contribution >= 0.6 is 0 Å². The van der Waals surface area contributed by atoms with Gasteiger partial charge in [-0.3, -0.25) is 4.79 Å². The number of carbonyl (C=O) groups excluding carboxylic acids is 3. The number of ketones is 1. The van der Waals surface area contributed by atoms with E-state index in [9.17, 15) is 24.6 Å². The van der Waals surface area contributed by atoms with Crippen LogP contribution < -0.4 is 47.9 Å². The zero-order valence-electron chi connectivity index (χ0n) is 8.11. The number of carboxylic acid groups (broad SMARTS) is 2. The Kier molecular flexibility index (Phi) is 7.33. The predicted octanol–water partition coefficient (Wildman–Crippen LogP) is -8.91. The Balaban J connectivity index is 0. The maximum Gasteiger partial charge on any atom is 1.00 e. The van der Waals surface area contributed by atoms with Gasteiger partial charge in [0, 0.05) is 17.8 Å². The topological polar surface area (TPSA) is 97.3 Å². The summed E-state index contributed by atoms with van der Waals surface area (Å²) in [4.78, 5) is 31.0. The third-order valence-electron chi connectivity index (χ3n) is 2.12. The van der Waals surface area contributed by atoms with E-state index in [4.69, 9.17) is 0 Å². The molecule has 0 bridgehead atoms. The van der Waals surface area contributed by atoms with Crippen molar-refractivity contribution in [2.45, 2.75) is 12.8 Å². The monoisotopic (exact) mass is 184 g/mol. The summed E-state index contributed by atoms with van der Waals surface area (Å²) < 4.78 is 0. The van der Waals surface area contributed by atoms with Crippen molar-refractivity contribution in [3.8, 4) is 0 Å². The molecule has 66 valence electrons. The summed E-state index contributed by atoms with van der Waals surface area (Å²) in [5.41, 5.74) is 0. The summed E-state index contributed by atoms with van der Waals surface area (Å²) in [5, 5.41) is 20.3. The second kappa shape index (κ2) is 6.32. The number of rotatable bonds is 3. The van der Waals surface area contributed by atoms with Crippen molar-refractivity contribution in [2.24, 2.45) is 11.8 Å². The SMILES string of the molecule is O=C([O-])C(=O)[C@@H]1CC[C@H]1C(=O)[O-].[Li+].[Li+]. The first-order chi connectivity index (χ1) is 5.54. The molecule has 0 spiro atoms. The van der Waals surface area contributed by atoms with Crippen molar-refractivity contribution in [3.05, 3.63) is 0 Å². The molecule has 1 fully saturated rings. The van der Waals surface area contributed by atoms with Crippen LogP contribution in [0.1, 0.15) is 12.8 Å². The van der Waals surface area contributed by atoms with Crippen LogP contribution in [0.2, 0.25) is 0 Å². The molecule has 5 nitrogen and oxygen atoms in total. The minimum atomic E-state index is -1.81. The van der Waals surface area contributed by atoms with Gasteiger partial charge in [0.15, 0.2) is 5.78 Å². The zero-order chi connectivity index (χ0) is 9.30. The summed E-state index contributed by atoms with van der Waals surface area (Å²) in [6.45, 7) is 0. The van der Waals surface area contributed by atoms with Gasteiger partial charge in [-0.1, -0.05) is 0 Å². The molecule has 0 saturated heterocycles. The summed E-state index contributed by atoms with van der Waals surface area (Å²) >= 11 is 0. The molecule has 1 aliphatic carbocycles. The van der Waals surface area contributed by atoms with Crippen LogP contribution in [0.25, 0.3) is 0 Å². The molecular weight excluding hydrogens is 178 g/mol. The maximum absolute atomic E-state index is 10.7. The first-order valence-electron chi connectivity index (χ1n) is 3.50. The Morgan fingerprint density at radius 1 is 0.929 bits per heavy atom. The molecule has 14 heavy (non-hydrogen) atoms. The van der Waals surface area contributed by atoms with Gasteiger partial charge in [0.1, 0.15) is 5.97 Å². The third-order valence-corrected chi connectivity index (χ3v) is 2.12. The fraction of sp³-hybridized carbons (Fsp3) is 0.571. The number of hydrogen-bond acceptors (Lipinski definition) is 5. The van der Waals surface area contributed by atoms with E-state index in [0.29, 0.717) is 12.8 Å². The molecule has 7 heteroatoms. The molecule has 0 unspecified atom stereocenters. The Bertz CT molecular complexity index is 252. The van der Waals surface area contributed by atoms with Crippen LogP contribution in [-0.2, 0) is 14.4 Å². The van der Waals surface area contributed by atoms with Crippen molar-refractivity contribution in [3.63, 3.8) is 0 Å². The molecule has 1 rings (SSSR count). The number of Topliss-reactive ketones (excluding diaryl/α,β-unsaturated/α-hetero) is 1. The van der Waals surface area contributed by atoms with E-state index in [1.165, 1.54) is 0 Å². The van der Waals surface area contributed by atoms with E-state index in [2.05, 4.69) is 0 Å². The summed E-state index contributed by atoms with van der Waals surface area (Å²) in [5.74, 6) is -6.17. The fourth-order valence-electron chi connectivity index (χ4n) is 1.25. The molecule has 1 aliphatic rings. The maximum atomic E-state index is 10.7. The van der Waals surface area contributed by atoms with Gasteiger partial charge in [0.25, 0.3) is 0 Å². The smallest absolute Gasteiger partial charge is 0.550 e. The van der Waals surface area contributed by atoms with Crippen LogP contribution in [0.4, 0.5) is 0 Å². The number of carboxylic acids is 2. The molecule has 0 amide bonds. The molecule has 0 radical (unpaired) electrons. The van der Waals surface area contributed by atoms with Gasteiger partial charge in [-0.15, -0.1) is 0 Å². The van der Waals surface area contributed by atoms with E-state index >= 15 is 0 Å². The molecule has 2 atom stereocenters. The third kappa shape index (κ3) is 3.18. The second-order valence-corrected chi connectivity index (χ2v) is 2.76. The van der Waals surface area contributed by atoms with Crippen molar-refractivity contribution in [2.75, 3.05) is 0 Å². The average molecular weight is 184 g/mol. The molecule has 0 aromatic rings. The molecule has 0 aromatic carbocycles. The Labute approximate surface area is 105 Å². The second-order valence-electron chi connectivity index (χ2n) is 2.76. The largest absolute Gasteiger partial charge is 1.00 e. The quantitative estimate of drug-likeness (QED) is 0.320. The minimum absolute atomic E-state index is 0.